The molecule has 9 heteroatoms. The molecule has 1 amide bonds. The van der Waals surface area contributed by atoms with Gasteiger partial charge in [-0.15, -0.1) is 0 Å². The highest BCUT2D eigenvalue weighted by atomic mass is 32.2. The number of aryl methyl sites for hydroxylation is 1. The Morgan fingerprint density at radius 1 is 0.941 bits per heavy atom. The molecule has 0 radical (unpaired) electrons. The first-order valence-corrected chi connectivity index (χ1v) is 12.9. The molecule has 2 aromatic carbocycles. The zero-order valence-electron chi connectivity index (χ0n) is 19.7. The molecule has 1 aromatic heterocycles. The molecule has 0 atom stereocenters. The van der Waals surface area contributed by atoms with Crippen molar-refractivity contribution in [1.29, 1.82) is 0 Å². The Morgan fingerprint density at radius 3 is 2.24 bits per heavy atom. The summed E-state index contributed by atoms with van der Waals surface area (Å²) < 4.78 is 31.4. The summed E-state index contributed by atoms with van der Waals surface area (Å²) in [5.41, 5.74) is 1.85. The summed E-state index contributed by atoms with van der Waals surface area (Å²) in [7, 11) is -1.97. The second kappa shape index (κ2) is 9.60. The molecule has 3 aromatic rings. The van der Waals surface area contributed by atoms with Gasteiger partial charge in [-0.3, -0.25) is 14.3 Å². The maximum absolute atomic E-state index is 13.3. The minimum absolute atomic E-state index is 0.133. The average molecular weight is 483 g/mol. The molecule has 1 saturated heterocycles. The number of carbonyl (C=O) groups excluding carboxylic acids is 1. The van der Waals surface area contributed by atoms with Gasteiger partial charge in [0, 0.05) is 25.7 Å². The van der Waals surface area contributed by atoms with Crippen LogP contribution < -0.4 is 10.9 Å². The molecule has 8 nitrogen and oxygen atoms in total. The third-order valence-electron chi connectivity index (χ3n) is 6.43. The lowest BCUT2D eigenvalue weighted by molar-refractivity contribution is 0.102. The van der Waals surface area contributed by atoms with Gasteiger partial charge in [0.2, 0.25) is 10.0 Å². The monoisotopic (exact) mass is 482 g/mol. The zero-order chi connectivity index (χ0) is 24.5. The topological polar surface area (TPSA) is 93.4 Å². The Balaban J connectivity index is 1.66. The lowest BCUT2D eigenvalue weighted by atomic mass is 10.1. The Labute approximate surface area is 199 Å². The number of nitrogens with one attached hydrogen (secondary N) is 1. The molecule has 0 unspecified atom stereocenters. The molecule has 4 rings (SSSR count). The van der Waals surface area contributed by atoms with E-state index in [9.17, 15) is 18.0 Å². The number of benzene rings is 2. The predicted molar refractivity (Wildman–Crippen MR) is 132 cm³/mol. The Morgan fingerprint density at radius 2 is 1.59 bits per heavy atom. The quantitative estimate of drug-likeness (QED) is 0.601. The fourth-order valence-corrected chi connectivity index (χ4v) is 6.11. The van der Waals surface area contributed by atoms with E-state index in [2.05, 4.69) is 5.32 Å². The summed E-state index contributed by atoms with van der Waals surface area (Å²) >= 11 is 0. The number of para-hydroxylation sites is 1. The van der Waals surface area contributed by atoms with Crippen molar-refractivity contribution in [3.05, 3.63) is 75.7 Å². The fourth-order valence-electron chi connectivity index (χ4n) is 4.34. The molecular weight excluding hydrogens is 452 g/mol. The van der Waals surface area contributed by atoms with E-state index in [1.807, 2.05) is 30.3 Å². The van der Waals surface area contributed by atoms with Gasteiger partial charge >= 0.3 is 0 Å². The highest BCUT2D eigenvalue weighted by Crippen LogP contribution is 2.25. The summed E-state index contributed by atoms with van der Waals surface area (Å²) in [6.07, 6.45) is 3.70. The molecule has 1 fully saturated rings. The SMILES string of the molecule is Cc1ccc(C(=O)Nc2c(C)n(C)n(-c3ccccc3)c2=O)cc1S(=O)(=O)N1CCCCCC1. The third-order valence-corrected chi connectivity index (χ3v) is 8.47. The third kappa shape index (κ3) is 4.45. The first-order chi connectivity index (χ1) is 16.2. The molecule has 1 N–H and O–H groups in total. The zero-order valence-corrected chi connectivity index (χ0v) is 20.6. The van der Waals surface area contributed by atoms with Crippen molar-refractivity contribution in [2.24, 2.45) is 7.05 Å². The van der Waals surface area contributed by atoms with E-state index in [0.717, 1.165) is 25.7 Å². The van der Waals surface area contributed by atoms with Crippen molar-refractivity contribution in [2.75, 3.05) is 18.4 Å². The first-order valence-electron chi connectivity index (χ1n) is 11.5. The summed E-state index contributed by atoms with van der Waals surface area (Å²) in [4.78, 5) is 26.4. The second-order valence-electron chi connectivity index (χ2n) is 8.69. The Bertz CT molecular complexity index is 1370. The predicted octanol–water partition coefficient (Wildman–Crippen LogP) is 3.61. The van der Waals surface area contributed by atoms with Crippen molar-refractivity contribution >= 4 is 21.6 Å². The van der Waals surface area contributed by atoms with Gasteiger partial charge in [0.25, 0.3) is 11.5 Å². The van der Waals surface area contributed by atoms with E-state index < -0.39 is 15.9 Å². The smallest absolute Gasteiger partial charge is 0.295 e. The van der Waals surface area contributed by atoms with Crippen molar-refractivity contribution in [3.63, 3.8) is 0 Å². The van der Waals surface area contributed by atoms with Gasteiger partial charge < -0.3 is 5.32 Å². The van der Waals surface area contributed by atoms with Crippen LogP contribution in [0, 0.1) is 13.8 Å². The van der Waals surface area contributed by atoms with Crippen LogP contribution in [0.15, 0.2) is 58.2 Å². The van der Waals surface area contributed by atoms with Crippen LogP contribution in [0.3, 0.4) is 0 Å². The number of anilines is 1. The molecule has 1 aliphatic rings. The van der Waals surface area contributed by atoms with Gasteiger partial charge in [-0.05, 0) is 56.5 Å². The summed E-state index contributed by atoms with van der Waals surface area (Å²) in [5, 5.41) is 2.71. The highest BCUT2D eigenvalue weighted by Gasteiger charge is 2.28. The van der Waals surface area contributed by atoms with Gasteiger partial charge in [0.05, 0.1) is 16.3 Å². The van der Waals surface area contributed by atoms with Crippen LogP contribution in [0.5, 0.6) is 0 Å². The van der Waals surface area contributed by atoms with Crippen LogP contribution in [0.2, 0.25) is 0 Å². The van der Waals surface area contributed by atoms with E-state index in [1.165, 1.54) is 15.1 Å². The van der Waals surface area contributed by atoms with Gasteiger partial charge in [-0.2, -0.15) is 4.31 Å². The number of hydrogen-bond donors (Lipinski definition) is 1. The minimum Gasteiger partial charge on any atom is -0.316 e. The number of sulfonamides is 1. The van der Waals surface area contributed by atoms with Gasteiger partial charge in [-0.1, -0.05) is 37.1 Å². The molecular formula is C25H30N4O4S. The number of aromatic nitrogens is 2. The van der Waals surface area contributed by atoms with Crippen LogP contribution in [0.25, 0.3) is 5.69 Å². The lowest BCUT2D eigenvalue weighted by Crippen LogP contribution is -2.32. The number of amides is 1. The van der Waals surface area contributed by atoms with Crippen molar-refractivity contribution in [3.8, 4) is 5.69 Å². The molecule has 0 saturated carbocycles. The summed E-state index contributed by atoms with van der Waals surface area (Å²) in [5.74, 6) is -0.529. The standard InChI is InChI=1S/C25H30N4O4S/c1-18-13-14-20(17-22(18)34(32,33)28-15-9-4-5-10-16-28)24(30)26-23-19(2)27(3)29(25(23)31)21-11-7-6-8-12-21/h6-8,11-14,17H,4-5,9-10,15-16H2,1-3H3,(H,26,30). The van der Waals surface area contributed by atoms with Gasteiger partial charge in [-0.25, -0.2) is 13.1 Å². The maximum Gasteiger partial charge on any atom is 0.295 e. The van der Waals surface area contributed by atoms with Crippen molar-refractivity contribution < 1.29 is 13.2 Å². The molecule has 180 valence electrons. The van der Waals surface area contributed by atoms with Gasteiger partial charge in [0.15, 0.2) is 0 Å². The number of rotatable bonds is 5. The molecule has 0 bridgehead atoms. The Hall–Kier alpha value is -3.17. The van der Waals surface area contributed by atoms with Crippen molar-refractivity contribution in [2.45, 2.75) is 44.4 Å². The number of hydrogen-bond acceptors (Lipinski definition) is 4. The van der Waals surface area contributed by atoms with Crippen LogP contribution >= 0.6 is 0 Å². The maximum atomic E-state index is 13.3. The van der Waals surface area contributed by atoms with E-state index in [1.54, 1.807) is 37.7 Å². The summed E-state index contributed by atoms with van der Waals surface area (Å²) in [6, 6.07) is 13.8. The number of carbonyl (C=O) groups is 1. The van der Waals surface area contributed by atoms with E-state index in [4.69, 9.17) is 0 Å². The summed E-state index contributed by atoms with van der Waals surface area (Å²) in [6.45, 7) is 4.45. The molecule has 34 heavy (non-hydrogen) atoms. The normalized spacial score (nSPS) is 15.1. The molecule has 0 aliphatic carbocycles. The number of nitrogens with zero attached hydrogens (tertiary/aromatic N) is 3. The van der Waals surface area contributed by atoms with Crippen molar-refractivity contribution in [1.82, 2.24) is 13.7 Å². The fraction of sp³-hybridized carbons (Fsp3) is 0.360. The van der Waals surface area contributed by atoms with Crippen LogP contribution in [0.4, 0.5) is 5.69 Å². The molecule has 2 heterocycles. The van der Waals surface area contributed by atoms with Gasteiger partial charge in [0.1, 0.15) is 5.69 Å². The van der Waals surface area contributed by atoms with E-state index in [-0.39, 0.29) is 21.7 Å². The first kappa shape index (κ1) is 24.0. The van der Waals surface area contributed by atoms with E-state index >= 15 is 0 Å². The highest BCUT2D eigenvalue weighted by molar-refractivity contribution is 7.89. The molecule has 1 aliphatic heterocycles. The largest absolute Gasteiger partial charge is 0.316 e. The van der Waals surface area contributed by atoms with E-state index in [0.29, 0.717) is 30.0 Å². The lowest BCUT2D eigenvalue weighted by Gasteiger charge is -2.21. The second-order valence-corrected chi connectivity index (χ2v) is 10.6. The minimum atomic E-state index is -3.72. The van der Waals surface area contributed by atoms with Crippen LogP contribution in [-0.4, -0.2) is 41.1 Å². The average Bonchev–Trinajstić information content (AvgIpc) is 3.03. The van der Waals surface area contributed by atoms with Crippen LogP contribution in [-0.2, 0) is 17.1 Å². The molecule has 0 spiro atoms. The Kier molecular flexibility index (Phi) is 6.77. The van der Waals surface area contributed by atoms with Crippen LogP contribution in [0.1, 0.15) is 47.3 Å².